The van der Waals surface area contributed by atoms with Crippen molar-refractivity contribution in [2.24, 2.45) is 0 Å². The molecule has 5 heteroatoms. The van der Waals surface area contributed by atoms with Crippen molar-refractivity contribution in [1.29, 1.82) is 0 Å². The molecule has 1 aliphatic heterocycles. The van der Waals surface area contributed by atoms with Crippen LogP contribution in [0.2, 0.25) is 0 Å². The predicted molar refractivity (Wildman–Crippen MR) is 117 cm³/mol. The topological polar surface area (TPSA) is 35.5 Å². The molecule has 0 bridgehead atoms. The highest BCUT2D eigenvalue weighted by Gasteiger charge is 2.18. The Labute approximate surface area is 173 Å². The van der Waals surface area contributed by atoms with Gasteiger partial charge in [-0.3, -0.25) is 0 Å². The molecule has 0 atom stereocenters. The summed E-state index contributed by atoms with van der Waals surface area (Å²) >= 11 is 3.91. The summed E-state index contributed by atoms with van der Waals surface area (Å²) < 4.78 is 11.7. The van der Waals surface area contributed by atoms with Gasteiger partial charge < -0.3 is 9.47 Å². The second-order valence-electron chi connectivity index (χ2n) is 6.27. The summed E-state index contributed by atoms with van der Waals surface area (Å²) in [5.74, 6) is 3.17. The van der Waals surface area contributed by atoms with Crippen LogP contribution in [0.15, 0.2) is 78.9 Å². The third kappa shape index (κ3) is 4.72. The first-order valence-electron chi connectivity index (χ1n) is 9.11. The Balaban J connectivity index is 1.36. The van der Waals surface area contributed by atoms with Gasteiger partial charge in [-0.25, -0.2) is 4.79 Å². The number of benzene rings is 3. The Bertz CT molecular complexity index is 920. The van der Waals surface area contributed by atoms with E-state index < -0.39 is 5.97 Å². The van der Waals surface area contributed by atoms with Crippen molar-refractivity contribution in [3.05, 3.63) is 84.4 Å². The Morgan fingerprint density at radius 3 is 2.29 bits per heavy atom. The quantitative estimate of drug-likeness (QED) is 0.379. The van der Waals surface area contributed by atoms with E-state index in [1.807, 2.05) is 102 Å². The van der Waals surface area contributed by atoms with Crippen LogP contribution in [-0.4, -0.2) is 24.1 Å². The first-order chi connectivity index (χ1) is 13.8. The summed E-state index contributed by atoms with van der Waals surface area (Å²) in [5.41, 5.74) is 3.26. The number of carbonyl (C=O) groups is 1. The molecule has 28 heavy (non-hydrogen) atoms. The lowest BCUT2D eigenvalue weighted by molar-refractivity contribution is -0.136. The summed E-state index contributed by atoms with van der Waals surface area (Å²) in [4.78, 5) is 12.2. The fourth-order valence-electron chi connectivity index (χ4n) is 2.99. The Morgan fingerprint density at radius 2 is 1.54 bits per heavy atom. The van der Waals surface area contributed by atoms with Crippen molar-refractivity contribution in [3.63, 3.8) is 0 Å². The Kier molecular flexibility index (Phi) is 6.24. The van der Waals surface area contributed by atoms with Crippen LogP contribution in [0.1, 0.15) is 10.1 Å². The van der Waals surface area contributed by atoms with E-state index in [1.165, 1.54) is 17.1 Å². The summed E-state index contributed by atoms with van der Waals surface area (Å²) in [7, 11) is 0. The zero-order valence-electron chi connectivity index (χ0n) is 15.2. The maximum absolute atomic E-state index is 12.2. The lowest BCUT2D eigenvalue weighted by Gasteiger charge is -2.12. The standard InChI is InChI=1S/C23H20O3S2/c24-22(26-19-12-10-18(11-13-19)23-27-14-15-28-23)16-25-21-9-5-4-8-20(21)17-6-2-1-3-7-17/h1-13,23H,14-16H2. The van der Waals surface area contributed by atoms with E-state index in [-0.39, 0.29) is 6.61 Å². The molecule has 1 aliphatic rings. The summed E-state index contributed by atoms with van der Waals surface area (Å²) in [6, 6.07) is 25.4. The molecule has 1 heterocycles. The normalized spacial score (nSPS) is 14.0. The lowest BCUT2D eigenvalue weighted by Crippen LogP contribution is -2.18. The van der Waals surface area contributed by atoms with Gasteiger partial charge in [-0.05, 0) is 29.3 Å². The van der Waals surface area contributed by atoms with Gasteiger partial charge in [0, 0.05) is 17.1 Å². The van der Waals surface area contributed by atoms with Gasteiger partial charge >= 0.3 is 5.97 Å². The molecule has 3 aromatic rings. The first-order valence-corrected chi connectivity index (χ1v) is 11.2. The van der Waals surface area contributed by atoms with E-state index in [4.69, 9.17) is 9.47 Å². The van der Waals surface area contributed by atoms with E-state index in [0.29, 0.717) is 16.1 Å². The molecule has 3 nitrogen and oxygen atoms in total. The number of esters is 1. The highest BCUT2D eigenvalue weighted by atomic mass is 32.2. The molecule has 0 radical (unpaired) electrons. The summed E-state index contributed by atoms with van der Waals surface area (Å²) in [6.45, 7) is -0.139. The van der Waals surface area contributed by atoms with E-state index in [0.717, 1.165) is 11.1 Å². The highest BCUT2D eigenvalue weighted by Crippen LogP contribution is 2.45. The lowest BCUT2D eigenvalue weighted by atomic mass is 10.1. The van der Waals surface area contributed by atoms with Crippen LogP contribution in [0.3, 0.4) is 0 Å². The zero-order valence-corrected chi connectivity index (χ0v) is 16.9. The molecule has 0 unspecified atom stereocenters. The zero-order chi connectivity index (χ0) is 19.2. The average molecular weight is 409 g/mol. The molecule has 0 aromatic heterocycles. The predicted octanol–water partition coefficient (Wildman–Crippen LogP) is 5.82. The van der Waals surface area contributed by atoms with Crippen molar-refractivity contribution in [3.8, 4) is 22.6 Å². The molecule has 0 aliphatic carbocycles. The minimum atomic E-state index is -0.416. The van der Waals surface area contributed by atoms with E-state index >= 15 is 0 Å². The number of para-hydroxylation sites is 1. The fourth-order valence-corrected chi connectivity index (χ4v) is 5.85. The molecule has 3 aromatic carbocycles. The highest BCUT2D eigenvalue weighted by molar-refractivity contribution is 8.19. The van der Waals surface area contributed by atoms with Gasteiger partial charge in [0.25, 0.3) is 0 Å². The molecule has 1 fully saturated rings. The molecule has 4 rings (SSSR count). The van der Waals surface area contributed by atoms with Gasteiger partial charge in [0.15, 0.2) is 6.61 Å². The van der Waals surface area contributed by atoms with Crippen LogP contribution in [0.5, 0.6) is 11.5 Å². The Hall–Kier alpha value is -2.37. The monoisotopic (exact) mass is 408 g/mol. The number of thioether (sulfide) groups is 2. The minimum Gasteiger partial charge on any atom is -0.481 e. The molecular weight excluding hydrogens is 388 g/mol. The van der Waals surface area contributed by atoms with Crippen LogP contribution < -0.4 is 9.47 Å². The minimum absolute atomic E-state index is 0.139. The number of rotatable bonds is 6. The molecule has 0 spiro atoms. The smallest absolute Gasteiger partial charge is 0.349 e. The van der Waals surface area contributed by atoms with Gasteiger partial charge in [-0.15, -0.1) is 23.5 Å². The van der Waals surface area contributed by atoms with E-state index in [2.05, 4.69) is 0 Å². The maximum atomic E-state index is 12.2. The molecular formula is C23H20O3S2. The number of hydrogen-bond donors (Lipinski definition) is 0. The van der Waals surface area contributed by atoms with Crippen molar-refractivity contribution < 1.29 is 14.3 Å². The second kappa shape index (κ2) is 9.22. The molecule has 1 saturated heterocycles. The Morgan fingerprint density at radius 1 is 0.857 bits per heavy atom. The number of carbonyl (C=O) groups excluding carboxylic acids is 1. The van der Waals surface area contributed by atoms with Crippen molar-refractivity contribution in [1.82, 2.24) is 0 Å². The van der Waals surface area contributed by atoms with Crippen molar-refractivity contribution >= 4 is 29.5 Å². The summed E-state index contributed by atoms with van der Waals surface area (Å²) in [6.07, 6.45) is 0. The molecule has 0 amide bonds. The van der Waals surface area contributed by atoms with Gasteiger partial charge in [-0.1, -0.05) is 60.7 Å². The largest absolute Gasteiger partial charge is 0.481 e. The van der Waals surface area contributed by atoms with Crippen LogP contribution in [0.4, 0.5) is 0 Å². The van der Waals surface area contributed by atoms with Crippen molar-refractivity contribution in [2.45, 2.75) is 4.58 Å². The second-order valence-corrected chi connectivity index (χ2v) is 8.99. The third-order valence-corrected chi connectivity index (χ3v) is 7.43. The first kappa shape index (κ1) is 19.0. The number of ether oxygens (including phenoxy) is 2. The van der Waals surface area contributed by atoms with Crippen LogP contribution in [0, 0.1) is 0 Å². The molecule has 0 saturated carbocycles. The molecule has 0 N–H and O–H groups in total. The van der Waals surface area contributed by atoms with E-state index in [9.17, 15) is 4.79 Å². The van der Waals surface area contributed by atoms with Crippen LogP contribution >= 0.6 is 23.5 Å². The average Bonchev–Trinajstić information content (AvgIpc) is 3.29. The van der Waals surface area contributed by atoms with E-state index in [1.54, 1.807) is 0 Å². The third-order valence-electron chi connectivity index (χ3n) is 4.32. The van der Waals surface area contributed by atoms with Crippen molar-refractivity contribution in [2.75, 3.05) is 18.1 Å². The SMILES string of the molecule is O=C(COc1ccccc1-c1ccccc1)Oc1ccc(C2SCCS2)cc1. The maximum Gasteiger partial charge on any atom is 0.349 e. The molecule has 142 valence electrons. The fraction of sp³-hybridized carbons (Fsp3) is 0.174. The van der Waals surface area contributed by atoms with Gasteiger partial charge in [0.05, 0.1) is 4.58 Å². The van der Waals surface area contributed by atoms with Gasteiger partial charge in [-0.2, -0.15) is 0 Å². The van der Waals surface area contributed by atoms with Gasteiger partial charge in [0.1, 0.15) is 11.5 Å². The van der Waals surface area contributed by atoms with Gasteiger partial charge in [0.2, 0.25) is 0 Å². The van der Waals surface area contributed by atoms with Crippen LogP contribution in [0.25, 0.3) is 11.1 Å². The van der Waals surface area contributed by atoms with Crippen LogP contribution in [-0.2, 0) is 4.79 Å². The number of hydrogen-bond acceptors (Lipinski definition) is 5. The summed E-state index contributed by atoms with van der Waals surface area (Å²) in [5, 5.41) is 0.